The van der Waals surface area contributed by atoms with Gasteiger partial charge in [0.05, 0.1) is 29.5 Å². The third kappa shape index (κ3) is 6.17. The van der Waals surface area contributed by atoms with Crippen LogP contribution in [0.2, 0.25) is 10.0 Å². The summed E-state index contributed by atoms with van der Waals surface area (Å²) in [6, 6.07) is 10.8. The summed E-state index contributed by atoms with van der Waals surface area (Å²) in [7, 11) is -1.98. The SMILES string of the molecule is COc1ccc(C(CC(=O)Nc2ccc(Cl)c(Cl)c2)NS(C)(=O)=O)cc1. The molecule has 0 bridgehead atoms. The average molecular weight is 417 g/mol. The number of sulfonamides is 1. The van der Waals surface area contributed by atoms with Crippen molar-refractivity contribution >= 4 is 44.8 Å². The van der Waals surface area contributed by atoms with Gasteiger partial charge in [-0.2, -0.15) is 0 Å². The summed E-state index contributed by atoms with van der Waals surface area (Å²) >= 11 is 11.8. The van der Waals surface area contributed by atoms with E-state index in [0.717, 1.165) is 6.26 Å². The summed E-state index contributed by atoms with van der Waals surface area (Å²) < 4.78 is 30.9. The molecule has 2 rings (SSSR count). The Morgan fingerprint density at radius 2 is 1.77 bits per heavy atom. The van der Waals surface area contributed by atoms with Crippen molar-refractivity contribution in [3.63, 3.8) is 0 Å². The first-order valence-corrected chi connectivity index (χ1v) is 10.2. The van der Waals surface area contributed by atoms with E-state index in [0.29, 0.717) is 27.0 Å². The lowest BCUT2D eigenvalue weighted by Crippen LogP contribution is -2.30. The third-order valence-corrected chi connectivity index (χ3v) is 4.92. The summed E-state index contributed by atoms with van der Waals surface area (Å²) in [5, 5.41) is 3.36. The molecule has 26 heavy (non-hydrogen) atoms. The van der Waals surface area contributed by atoms with Gasteiger partial charge in [0.2, 0.25) is 15.9 Å². The molecule has 0 radical (unpaired) electrons. The van der Waals surface area contributed by atoms with E-state index in [2.05, 4.69) is 10.0 Å². The Bertz CT molecular complexity index is 886. The van der Waals surface area contributed by atoms with Crippen LogP contribution in [-0.4, -0.2) is 27.7 Å². The van der Waals surface area contributed by atoms with Crippen LogP contribution in [0, 0.1) is 0 Å². The lowest BCUT2D eigenvalue weighted by atomic mass is 10.0. The van der Waals surface area contributed by atoms with Crippen molar-refractivity contribution in [1.29, 1.82) is 0 Å². The first-order chi connectivity index (χ1) is 12.2. The van der Waals surface area contributed by atoms with E-state index in [1.165, 1.54) is 13.2 Å². The summed E-state index contributed by atoms with van der Waals surface area (Å²) in [5.74, 6) is 0.257. The van der Waals surface area contributed by atoms with Crippen molar-refractivity contribution in [3.8, 4) is 5.75 Å². The van der Waals surface area contributed by atoms with Gasteiger partial charge in [0.1, 0.15) is 5.75 Å². The molecular weight excluding hydrogens is 399 g/mol. The van der Waals surface area contributed by atoms with E-state index in [-0.39, 0.29) is 12.3 Å². The van der Waals surface area contributed by atoms with E-state index >= 15 is 0 Å². The van der Waals surface area contributed by atoms with Crippen molar-refractivity contribution in [3.05, 3.63) is 58.1 Å². The fourth-order valence-corrected chi connectivity index (χ4v) is 3.33. The Balaban J connectivity index is 2.16. The molecule has 6 nitrogen and oxygen atoms in total. The van der Waals surface area contributed by atoms with Crippen LogP contribution in [0.25, 0.3) is 0 Å². The number of carbonyl (C=O) groups is 1. The van der Waals surface area contributed by atoms with Gasteiger partial charge in [-0.15, -0.1) is 0 Å². The molecule has 0 aliphatic heterocycles. The quantitative estimate of drug-likeness (QED) is 0.721. The molecule has 0 saturated heterocycles. The molecule has 0 aliphatic carbocycles. The smallest absolute Gasteiger partial charge is 0.226 e. The summed E-state index contributed by atoms with van der Waals surface area (Å²) in [4.78, 5) is 12.4. The number of anilines is 1. The predicted octanol–water partition coefficient (Wildman–Crippen LogP) is 3.62. The van der Waals surface area contributed by atoms with Crippen LogP contribution < -0.4 is 14.8 Å². The van der Waals surface area contributed by atoms with Crippen molar-refractivity contribution in [1.82, 2.24) is 4.72 Å². The maximum absolute atomic E-state index is 12.4. The second-order valence-corrected chi connectivity index (χ2v) is 8.19. The topological polar surface area (TPSA) is 84.5 Å². The van der Waals surface area contributed by atoms with Gasteiger partial charge in [-0.05, 0) is 35.9 Å². The second-order valence-electron chi connectivity index (χ2n) is 5.60. The molecule has 140 valence electrons. The number of methoxy groups -OCH3 is 1. The number of halogens is 2. The van der Waals surface area contributed by atoms with Gasteiger partial charge in [0, 0.05) is 12.1 Å². The number of hydrogen-bond acceptors (Lipinski definition) is 4. The normalized spacial score (nSPS) is 12.5. The third-order valence-electron chi connectivity index (χ3n) is 3.47. The molecule has 0 spiro atoms. The second kappa shape index (κ2) is 8.73. The Kier molecular flexibility index (Phi) is 6.88. The van der Waals surface area contributed by atoms with Gasteiger partial charge in [-0.25, -0.2) is 13.1 Å². The lowest BCUT2D eigenvalue weighted by Gasteiger charge is -2.18. The minimum atomic E-state index is -3.52. The van der Waals surface area contributed by atoms with Crippen LogP contribution in [-0.2, 0) is 14.8 Å². The molecule has 1 unspecified atom stereocenters. The van der Waals surface area contributed by atoms with Crippen LogP contribution in [0.3, 0.4) is 0 Å². The van der Waals surface area contributed by atoms with E-state index < -0.39 is 16.1 Å². The van der Waals surface area contributed by atoms with Gasteiger partial charge in [0.15, 0.2) is 0 Å². The highest BCUT2D eigenvalue weighted by molar-refractivity contribution is 7.88. The van der Waals surface area contributed by atoms with E-state index in [1.54, 1.807) is 36.4 Å². The fourth-order valence-electron chi connectivity index (χ4n) is 2.29. The molecule has 1 amide bonds. The van der Waals surface area contributed by atoms with Crippen molar-refractivity contribution in [2.45, 2.75) is 12.5 Å². The van der Waals surface area contributed by atoms with Crippen LogP contribution in [0.1, 0.15) is 18.0 Å². The molecule has 0 saturated carbocycles. The zero-order valence-corrected chi connectivity index (χ0v) is 16.5. The zero-order valence-electron chi connectivity index (χ0n) is 14.1. The Morgan fingerprint density at radius 1 is 1.12 bits per heavy atom. The molecule has 1 atom stereocenters. The van der Waals surface area contributed by atoms with Crippen molar-refractivity contribution in [2.24, 2.45) is 0 Å². The summed E-state index contributed by atoms with van der Waals surface area (Å²) in [6.07, 6.45) is 0.944. The van der Waals surface area contributed by atoms with Gasteiger partial charge >= 0.3 is 0 Å². The summed E-state index contributed by atoms with van der Waals surface area (Å²) in [6.45, 7) is 0. The standard InChI is InChI=1S/C17H18Cl2N2O4S/c1-25-13-6-3-11(4-7-13)16(21-26(2,23)24)10-17(22)20-12-5-8-14(18)15(19)9-12/h3-9,16,21H,10H2,1-2H3,(H,20,22). The molecule has 0 fully saturated rings. The average Bonchev–Trinajstić information content (AvgIpc) is 2.56. The highest BCUT2D eigenvalue weighted by Crippen LogP contribution is 2.26. The summed E-state index contributed by atoms with van der Waals surface area (Å²) in [5.41, 5.74) is 1.11. The zero-order chi connectivity index (χ0) is 19.3. The molecule has 2 aromatic rings. The van der Waals surface area contributed by atoms with Crippen LogP contribution in [0.5, 0.6) is 5.75 Å². The molecule has 0 aromatic heterocycles. The molecule has 2 N–H and O–H groups in total. The van der Waals surface area contributed by atoms with Crippen LogP contribution in [0.4, 0.5) is 5.69 Å². The van der Waals surface area contributed by atoms with E-state index in [1.807, 2.05) is 0 Å². The van der Waals surface area contributed by atoms with Gasteiger partial charge in [-0.3, -0.25) is 4.79 Å². The maximum Gasteiger partial charge on any atom is 0.226 e. The number of amides is 1. The number of benzene rings is 2. The monoisotopic (exact) mass is 416 g/mol. The maximum atomic E-state index is 12.4. The van der Waals surface area contributed by atoms with Crippen LogP contribution in [0.15, 0.2) is 42.5 Å². The fraction of sp³-hybridized carbons (Fsp3) is 0.235. The number of nitrogens with one attached hydrogen (secondary N) is 2. The molecule has 0 aliphatic rings. The molecular formula is C17H18Cl2N2O4S. The number of carbonyl (C=O) groups excluding carboxylic acids is 1. The van der Waals surface area contributed by atoms with E-state index in [9.17, 15) is 13.2 Å². The minimum absolute atomic E-state index is 0.0976. The van der Waals surface area contributed by atoms with Crippen LogP contribution >= 0.6 is 23.2 Å². The molecule has 2 aromatic carbocycles. The Labute approximate surface area is 162 Å². The molecule has 9 heteroatoms. The lowest BCUT2D eigenvalue weighted by molar-refractivity contribution is -0.116. The van der Waals surface area contributed by atoms with Crippen molar-refractivity contribution in [2.75, 3.05) is 18.7 Å². The first kappa shape index (κ1) is 20.5. The number of hydrogen-bond donors (Lipinski definition) is 2. The minimum Gasteiger partial charge on any atom is -0.497 e. The van der Waals surface area contributed by atoms with Gasteiger partial charge < -0.3 is 10.1 Å². The number of ether oxygens (including phenoxy) is 1. The number of rotatable bonds is 7. The van der Waals surface area contributed by atoms with Gasteiger partial charge in [0.25, 0.3) is 0 Å². The molecule has 0 heterocycles. The largest absolute Gasteiger partial charge is 0.497 e. The Morgan fingerprint density at radius 3 is 2.31 bits per heavy atom. The van der Waals surface area contributed by atoms with Gasteiger partial charge in [-0.1, -0.05) is 35.3 Å². The highest BCUT2D eigenvalue weighted by Gasteiger charge is 2.20. The predicted molar refractivity (Wildman–Crippen MR) is 103 cm³/mol. The van der Waals surface area contributed by atoms with E-state index in [4.69, 9.17) is 27.9 Å². The first-order valence-electron chi connectivity index (χ1n) is 7.54. The highest BCUT2D eigenvalue weighted by atomic mass is 35.5. The van der Waals surface area contributed by atoms with Crippen molar-refractivity contribution < 1.29 is 17.9 Å². The Hall–Kier alpha value is -1.80.